The predicted molar refractivity (Wildman–Crippen MR) is 101 cm³/mol. The standard InChI is InChI=1S/C19H19N5O4/c1-11(18(27)28)9-12-3-4-14(15(25)10-12)17(26)24(2)19-21-16(22-23-19)13-5-7-20-8-6-13/h3-8,10-11,25H,9H2,1-2H3,(H,27,28)(H,21,22,23). The minimum Gasteiger partial charge on any atom is -0.507 e. The van der Waals surface area contributed by atoms with Crippen LogP contribution in [-0.2, 0) is 11.2 Å². The topological polar surface area (TPSA) is 132 Å². The van der Waals surface area contributed by atoms with Crippen molar-refractivity contribution in [2.45, 2.75) is 13.3 Å². The highest BCUT2D eigenvalue weighted by molar-refractivity contribution is 6.06. The molecule has 2 aromatic heterocycles. The highest BCUT2D eigenvalue weighted by Crippen LogP contribution is 2.24. The molecule has 28 heavy (non-hydrogen) atoms. The van der Waals surface area contributed by atoms with Crippen LogP contribution in [0.25, 0.3) is 11.4 Å². The molecule has 0 spiro atoms. The van der Waals surface area contributed by atoms with Crippen molar-refractivity contribution in [2.75, 3.05) is 11.9 Å². The number of phenolic OH excluding ortho intramolecular Hbond substituents is 1. The first-order valence-corrected chi connectivity index (χ1v) is 8.52. The number of anilines is 1. The summed E-state index contributed by atoms with van der Waals surface area (Å²) in [5.74, 6) is -1.59. The number of carbonyl (C=O) groups is 2. The molecule has 3 N–H and O–H groups in total. The third-order valence-electron chi connectivity index (χ3n) is 4.29. The number of phenols is 1. The largest absolute Gasteiger partial charge is 0.507 e. The van der Waals surface area contributed by atoms with Crippen molar-refractivity contribution in [2.24, 2.45) is 5.92 Å². The van der Waals surface area contributed by atoms with Crippen molar-refractivity contribution in [3.8, 4) is 17.1 Å². The lowest BCUT2D eigenvalue weighted by molar-refractivity contribution is -0.141. The van der Waals surface area contributed by atoms with Gasteiger partial charge in [-0.25, -0.2) is 0 Å². The lowest BCUT2D eigenvalue weighted by Crippen LogP contribution is -2.27. The number of benzene rings is 1. The number of carboxylic acids is 1. The fraction of sp³-hybridized carbons (Fsp3) is 0.211. The number of carbonyl (C=O) groups excluding carboxylic acids is 1. The molecule has 0 fully saturated rings. The summed E-state index contributed by atoms with van der Waals surface area (Å²) < 4.78 is 0. The third-order valence-corrected chi connectivity index (χ3v) is 4.29. The zero-order chi connectivity index (χ0) is 20.3. The van der Waals surface area contributed by atoms with Crippen molar-refractivity contribution < 1.29 is 19.8 Å². The molecule has 2 heterocycles. The molecule has 1 aromatic carbocycles. The van der Waals surface area contributed by atoms with Gasteiger partial charge in [-0.1, -0.05) is 13.0 Å². The zero-order valence-electron chi connectivity index (χ0n) is 15.3. The van der Waals surface area contributed by atoms with E-state index in [1.165, 1.54) is 24.1 Å². The van der Waals surface area contributed by atoms with Gasteiger partial charge in [0.15, 0.2) is 5.82 Å². The van der Waals surface area contributed by atoms with Crippen LogP contribution in [0.15, 0.2) is 42.7 Å². The summed E-state index contributed by atoms with van der Waals surface area (Å²) in [4.78, 5) is 33.1. The summed E-state index contributed by atoms with van der Waals surface area (Å²) in [5.41, 5.74) is 1.48. The van der Waals surface area contributed by atoms with Crippen molar-refractivity contribution in [3.63, 3.8) is 0 Å². The van der Waals surface area contributed by atoms with Gasteiger partial charge in [-0.15, -0.1) is 5.10 Å². The monoisotopic (exact) mass is 381 g/mol. The van der Waals surface area contributed by atoms with Gasteiger partial charge in [0, 0.05) is 25.0 Å². The summed E-state index contributed by atoms with van der Waals surface area (Å²) in [5, 5.41) is 26.0. The first kappa shape index (κ1) is 19.0. The van der Waals surface area contributed by atoms with E-state index in [4.69, 9.17) is 5.11 Å². The van der Waals surface area contributed by atoms with E-state index in [0.29, 0.717) is 11.4 Å². The minimum atomic E-state index is -0.922. The van der Waals surface area contributed by atoms with Gasteiger partial charge < -0.3 is 10.2 Å². The Bertz CT molecular complexity index is 1000. The molecule has 0 aliphatic heterocycles. The summed E-state index contributed by atoms with van der Waals surface area (Å²) in [6.45, 7) is 1.58. The molecule has 0 aliphatic rings. The SMILES string of the molecule is CC(Cc1ccc(C(=O)N(C)c2n[nH]c(-c3ccncc3)n2)c(O)c1)C(=O)O. The second-order valence-corrected chi connectivity index (χ2v) is 6.38. The minimum absolute atomic E-state index is 0.0736. The number of rotatable bonds is 6. The number of aliphatic carboxylic acids is 1. The molecule has 0 saturated carbocycles. The molecule has 9 nitrogen and oxygen atoms in total. The fourth-order valence-corrected chi connectivity index (χ4v) is 2.64. The molecule has 1 atom stereocenters. The number of aromatic amines is 1. The van der Waals surface area contributed by atoms with E-state index in [2.05, 4.69) is 20.2 Å². The average Bonchev–Trinajstić information content (AvgIpc) is 3.18. The fourth-order valence-electron chi connectivity index (χ4n) is 2.64. The molecule has 1 amide bonds. The van der Waals surface area contributed by atoms with Crippen LogP contribution >= 0.6 is 0 Å². The number of nitrogens with one attached hydrogen (secondary N) is 1. The Morgan fingerprint density at radius 3 is 2.57 bits per heavy atom. The first-order chi connectivity index (χ1) is 13.4. The molecular weight excluding hydrogens is 362 g/mol. The molecule has 3 aromatic rings. The molecule has 3 rings (SSSR count). The van der Waals surface area contributed by atoms with E-state index in [9.17, 15) is 14.7 Å². The maximum absolute atomic E-state index is 12.7. The Kier molecular flexibility index (Phi) is 5.35. The Balaban J connectivity index is 1.78. The van der Waals surface area contributed by atoms with E-state index in [-0.39, 0.29) is 23.7 Å². The number of aromatic hydroxyl groups is 1. The molecular formula is C19H19N5O4. The number of H-pyrrole nitrogens is 1. The van der Waals surface area contributed by atoms with Crippen LogP contribution in [0, 0.1) is 5.92 Å². The quantitative estimate of drug-likeness (QED) is 0.595. The zero-order valence-corrected chi connectivity index (χ0v) is 15.3. The average molecular weight is 381 g/mol. The summed E-state index contributed by atoms with van der Waals surface area (Å²) in [6, 6.07) is 8.01. The summed E-state index contributed by atoms with van der Waals surface area (Å²) >= 11 is 0. The molecule has 0 radical (unpaired) electrons. The molecule has 0 aliphatic carbocycles. The summed E-state index contributed by atoms with van der Waals surface area (Å²) in [6.07, 6.45) is 3.50. The van der Waals surface area contributed by atoms with Crippen molar-refractivity contribution in [1.82, 2.24) is 20.2 Å². The lowest BCUT2D eigenvalue weighted by atomic mass is 9.99. The van der Waals surface area contributed by atoms with Crippen LogP contribution < -0.4 is 4.90 Å². The van der Waals surface area contributed by atoms with Gasteiger partial charge in [0.1, 0.15) is 5.75 Å². The van der Waals surface area contributed by atoms with Gasteiger partial charge in [-0.2, -0.15) is 4.98 Å². The van der Waals surface area contributed by atoms with Gasteiger partial charge in [0.05, 0.1) is 11.5 Å². The molecule has 0 saturated heterocycles. The van der Waals surface area contributed by atoms with Crippen LogP contribution in [0.2, 0.25) is 0 Å². The maximum Gasteiger partial charge on any atom is 0.306 e. The van der Waals surface area contributed by atoms with Crippen LogP contribution in [0.4, 0.5) is 5.95 Å². The molecule has 0 bridgehead atoms. The van der Waals surface area contributed by atoms with Gasteiger partial charge in [-0.05, 0) is 36.2 Å². The molecule has 1 unspecified atom stereocenters. The number of hydrogen-bond acceptors (Lipinski definition) is 6. The second-order valence-electron chi connectivity index (χ2n) is 6.38. The Morgan fingerprint density at radius 1 is 1.21 bits per heavy atom. The third kappa shape index (κ3) is 3.98. The van der Waals surface area contributed by atoms with Gasteiger partial charge in [0.25, 0.3) is 11.9 Å². The molecule has 144 valence electrons. The highest BCUT2D eigenvalue weighted by Gasteiger charge is 2.21. The van der Waals surface area contributed by atoms with Crippen LogP contribution in [0.1, 0.15) is 22.8 Å². The Hall–Kier alpha value is -3.75. The smallest absolute Gasteiger partial charge is 0.306 e. The number of hydrogen-bond donors (Lipinski definition) is 3. The van der Waals surface area contributed by atoms with Crippen LogP contribution in [0.5, 0.6) is 5.75 Å². The highest BCUT2D eigenvalue weighted by atomic mass is 16.4. The number of amides is 1. The number of aromatic nitrogens is 4. The molecule has 9 heteroatoms. The number of nitrogens with zero attached hydrogens (tertiary/aromatic N) is 4. The lowest BCUT2D eigenvalue weighted by Gasteiger charge is -2.14. The van der Waals surface area contributed by atoms with E-state index in [1.807, 2.05) is 0 Å². The van der Waals surface area contributed by atoms with Crippen LogP contribution in [-0.4, -0.2) is 49.3 Å². The number of pyridine rings is 1. The number of carboxylic acid groups (broad SMARTS) is 1. The first-order valence-electron chi connectivity index (χ1n) is 8.52. The van der Waals surface area contributed by atoms with Crippen molar-refractivity contribution in [1.29, 1.82) is 0 Å². The van der Waals surface area contributed by atoms with Gasteiger partial charge in [0.2, 0.25) is 0 Å². The summed E-state index contributed by atoms with van der Waals surface area (Å²) in [7, 11) is 1.50. The van der Waals surface area contributed by atoms with Crippen molar-refractivity contribution in [3.05, 3.63) is 53.9 Å². The predicted octanol–water partition coefficient (Wildman–Crippen LogP) is 2.11. The van der Waals surface area contributed by atoms with Gasteiger partial charge in [-0.3, -0.25) is 24.6 Å². The second kappa shape index (κ2) is 7.87. The van der Waals surface area contributed by atoms with Crippen LogP contribution in [0.3, 0.4) is 0 Å². The van der Waals surface area contributed by atoms with E-state index in [1.54, 1.807) is 37.5 Å². The van der Waals surface area contributed by atoms with Gasteiger partial charge >= 0.3 is 5.97 Å². The Labute approximate surface area is 160 Å². The Morgan fingerprint density at radius 2 is 1.93 bits per heavy atom. The normalized spacial score (nSPS) is 11.8. The van der Waals surface area contributed by atoms with E-state index >= 15 is 0 Å². The van der Waals surface area contributed by atoms with E-state index in [0.717, 1.165) is 5.56 Å². The van der Waals surface area contributed by atoms with Crippen molar-refractivity contribution >= 4 is 17.8 Å². The van der Waals surface area contributed by atoms with E-state index < -0.39 is 17.8 Å². The maximum atomic E-state index is 12.7.